The Balaban J connectivity index is 1.63. The normalized spacial score (nSPS) is 17.5. The van der Waals surface area contributed by atoms with E-state index >= 15 is 0 Å². The van der Waals surface area contributed by atoms with Crippen LogP contribution in [0.5, 0.6) is 0 Å². The minimum atomic E-state index is -0.863. The van der Waals surface area contributed by atoms with Gasteiger partial charge in [0.05, 0.1) is 5.92 Å². The number of carboxylic acids is 1. The van der Waals surface area contributed by atoms with Crippen molar-refractivity contribution in [2.24, 2.45) is 5.92 Å². The van der Waals surface area contributed by atoms with Gasteiger partial charge in [-0.2, -0.15) is 9.36 Å². The Hall–Kier alpha value is -2.48. The molecule has 2 aromatic rings. The third-order valence-electron chi connectivity index (χ3n) is 3.50. The summed E-state index contributed by atoms with van der Waals surface area (Å²) in [4.78, 5) is 28.8. The average Bonchev–Trinajstić information content (AvgIpc) is 3.17. The Morgan fingerprint density at radius 2 is 2.09 bits per heavy atom. The van der Waals surface area contributed by atoms with E-state index in [9.17, 15) is 9.59 Å². The Labute approximate surface area is 130 Å². The first kappa shape index (κ1) is 14.5. The molecule has 1 unspecified atom stereocenters. The van der Waals surface area contributed by atoms with Gasteiger partial charge in [-0.25, -0.2) is 4.79 Å². The first-order valence-corrected chi connectivity index (χ1v) is 7.58. The van der Waals surface area contributed by atoms with Crippen LogP contribution in [-0.4, -0.2) is 44.5 Å². The van der Waals surface area contributed by atoms with Gasteiger partial charge >= 0.3 is 12.0 Å². The van der Waals surface area contributed by atoms with Crippen molar-refractivity contribution < 1.29 is 14.7 Å². The van der Waals surface area contributed by atoms with E-state index in [0.717, 1.165) is 17.1 Å². The van der Waals surface area contributed by atoms with E-state index in [1.807, 2.05) is 30.3 Å². The van der Waals surface area contributed by atoms with E-state index in [0.29, 0.717) is 23.9 Å². The molecule has 1 aliphatic heterocycles. The van der Waals surface area contributed by atoms with Crippen LogP contribution in [0.25, 0.3) is 11.4 Å². The third kappa shape index (κ3) is 3.06. The van der Waals surface area contributed by atoms with Crippen LogP contribution in [0.2, 0.25) is 0 Å². The van der Waals surface area contributed by atoms with Gasteiger partial charge in [0.25, 0.3) is 0 Å². The molecule has 1 aromatic carbocycles. The number of aromatic nitrogens is 2. The molecule has 0 aliphatic carbocycles. The van der Waals surface area contributed by atoms with Gasteiger partial charge < -0.3 is 10.0 Å². The standard InChI is InChI=1S/C14H14N4O3S/c19-12(20)10-6-7-18(8-10)14(21)16-13-15-11(17-22-13)9-4-2-1-3-5-9/h1-5,10H,6-8H2,(H,19,20)(H,15,16,17,21). The molecule has 114 valence electrons. The van der Waals surface area contributed by atoms with Crippen LogP contribution in [0.3, 0.4) is 0 Å². The van der Waals surface area contributed by atoms with E-state index in [4.69, 9.17) is 5.11 Å². The Morgan fingerprint density at radius 3 is 2.77 bits per heavy atom. The summed E-state index contributed by atoms with van der Waals surface area (Å²) in [6.45, 7) is 0.665. The molecule has 7 nitrogen and oxygen atoms in total. The number of benzene rings is 1. The number of aliphatic carboxylic acids is 1. The zero-order valence-electron chi connectivity index (χ0n) is 11.6. The fourth-order valence-electron chi connectivity index (χ4n) is 2.30. The summed E-state index contributed by atoms with van der Waals surface area (Å²) in [5.41, 5.74) is 0.881. The van der Waals surface area contributed by atoms with Gasteiger partial charge in [0.1, 0.15) is 0 Å². The molecule has 1 saturated heterocycles. The average molecular weight is 318 g/mol. The largest absolute Gasteiger partial charge is 0.481 e. The monoisotopic (exact) mass is 318 g/mol. The highest BCUT2D eigenvalue weighted by molar-refractivity contribution is 7.10. The Morgan fingerprint density at radius 1 is 1.32 bits per heavy atom. The molecule has 0 radical (unpaired) electrons. The number of carbonyl (C=O) groups is 2. The van der Waals surface area contributed by atoms with Crippen molar-refractivity contribution in [1.82, 2.24) is 14.3 Å². The molecule has 0 saturated carbocycles. The van der Waals surface area contributed by atoms with Gasteiger partial charge in [-0.05, 0) is 6.42 Å². The van der Waals surface area contributed by atoms with Crippen LogP contribution >= 0.6 is 11.5 Å². The summed E-state index contributed by atoms with van der Waals surface area (Å²) in [6.07, 6.45) is 0.480. The summed E-state index contributed by atoms with van der Waals surface area (Å²) in [6, 6.07) is 9.15. The van der Waals surface area contributed by atoms with Crippen molar-refractivity contribution in [3.8, 4) is 11.4 Å². The van der Waals surface area contributed by atoms with E-state index in [2.05, 4.69) is 14.7 Å². The first-order chi connectivity index (χ1) is 10.6. The fraction of sp³-hybridized carbons (Fsp3) is 0.286. The lowest BCUT2D eigenvalue weighted by molar-refractivity contribution is -0.141. The SMILES string of the molecule is O=C(O)C1CCN(C(=O)Nc2nc(-c3ccccc3)ns2)C1. The van der Waals surface area contributed by atoms with Gasteiger partial charge in [-0.15, -0.1) is 0 Å². The molecule has 8 heteroatoms. The summed E-state index contributed by atoms with van der Waals surface area (Å²) in [5.74, 6) is -0.789. The van der Waals surface area contributed by atoms with Gasteiger partial charge in [0, 0.05) is 30.2 Å². The van der Waals surface area contributed by atoms with E-state index in [-0.39, 0.29) is 12.6 Å². The Kier molecular flexibility index (Phi) is 4.01. The van der Waals surface area contributed by atoms with E-state index in [1.54, 1.807) is 0 Å². The lowest BCUT2D eigenvalue weighted by atomic mass is 10.1. The first-order valence-electron chi connectivity index (χ1n) is 6.81. The second-order valence-corrected chi connectivity index (χ2v) is 5.74. The molecule has 0 bridgehead atoms. The van der Waals surface area contributed by atoms with E-state index < -0.39 is 11.9 Å². The van der Waals surface area contributed by atoms with Crippen LogP contribution in [0.4, 0.5) is 9.93 Å². The van der Waals surface area contributed by atoms with Gasteiger partial charge in [0.15, 0.2) is 5.82 Å². The van der Waals surface area contributed by atoms with Crippen molar-refractivity contribution >= 4 is 28.7 Å². The summed E-state index contributed by atoms with van der Waals surface area (Å²) in [5, 5.41) is 12.0. The molecule has 0 spiro atoms. The topological polar surface area (TPSA) is 95.4 Å². The molecule has 2 N–H and O–H groups in total. The van der Waals surface area contributed by atoms with Crippen LogP contribution < -0.4 is 5.32 Å². The quantitative estimate of drug-likeness (QED) is 0.904. The smallest absolute Gasteiger partial charge is 0.323 e. The highest BCUT2D eigenvalue weighted by Crippen LogP contribution is 2.22. The van der Waals surface area contributed by atoms with Crippen LogP contribution in [0.15, 0.2) is 30.3 Å². The number of anilines is 1. The number of hydrogen-bond acceptors (Lipinski definition) is 5. The predicted molar refractivity (Wildman–Crippen MR) is 81.7 cm³/mol. The molecule has 1 aromatic heterocycles. The lowest BCUT2D eigenvalue weighted by Crippen LogP contribution is -2.33. The number of likely N-dealkylation sites (tertiary alicyclic amines) is 1. The van der Waals surface area contributed by atoms with Crippen molar-refractivity contribution in [3.05, 3.63) is 30.3 Å². The molecule has 1 aliphatic rings. The van der Waals surface area contributed by atoms with Gasteiger partial charge in [-0.3, -0.25) is 10.1 Å². The minimum Gasteiger partial charge on any atom is -0.481 e. The highest BCUT2D eigenvalue weighted by atomic mass is 32.1. The van der Waals surface area contributed by atoms with E-state index in [1.165, 1.54) is 4.90 Å². The maximum Gasteiger partial charge on any atom is 0.323 e. The second-order valence-electron chi connectivity index (χ2n) is 4.99. The minimum absolute atomic E-state index is 0.228. The number of urea groups is 1. The molecule has 2 heterocycles. The van der Waals surface area contributed by atoms with Crippen LogP contribution in [-0.2, 0) is 4.79 Å². The molecule has 22 heavy (non-hydrogen) atoms. The van der Waals surface area contributed by atoms with Crippen molar-refractivity contribution in [1.29, 1.82) is 0 Å². The molecule has 1 atom stereocenters. The number of carboxylic acid groups (broad SMARTS) is 1. The molecular weight excluding hydrogens is 304 g/mol. The third-order valence-corrected chi connectivity index (χ3v) is 4.13. The summed E-state index contributed by atoms with van der Waals surface area (Å²) < 4.78 is 4.21. The summed E-state index contributed by atoms with van der Waals surface area (Å²) >= 11 is 1.10. The lowest BCUT2D eigenvalue weighted by Gasteiger charge is -2.15. The zero-order valence-corrected chi connectivity index (χ0v) is 12.4. The maximum atomic E-state index is 12.1. The van der Waals surface area contributed by atoms with Gasteiger partial charge in [0.2, 0.25) is 5.13 Å². The predicted octanol–water partition coefficient (Wildman–Crippen LogP) is 2.14. The number of hydrogen-bond donors (Lipinski definition) is 2. The van der Waals surface area contributed by atoms with Crippen LogP contribution in [0.1, 0.15) is 6.42 Å². The number of carbonyl (C=O) groups excluding carboxylic acids is 1. The van der Waals surface area contributed by atoms with Crippen molar-refractivity contribution in [3.63, 3.8) is 0 Å². The van der Waals surface area contributed by atoms with Crippen LogP contribution in [0, 0.1) is 5.92 Å². The fourth-order valence-corrected chi connectivity index (χ4v) is 2.87. The maximum absolute atomic E-state index is 12.1. The molecule has 2 amide bonds. The summed E-state index contributed by atoms with van der Waals surface area (Å²) in [7, 11) is 0. The number of nitrogens with zero attached hydrogens (tertiary/aromatic N) is 3. The second kappa shape index (κ2) is 6.10. The number of nitrogens with one attached hydrogen (secondary N) is 1. The Bertz CT molecular complexity index is 688. The number of rotatable bonds is 3. The van der Waals surface area contributed by atoms with Gasteiger partial charge in [-0.1, -0.05) is 30.3 Å². The van der Waals surface area contributed by atoms with Crippen molar-refractivity contribution in [2.45, 2.75) is 6.42 Å². The molecular formula is C14H14N4O3S. The highest BCUT2D eigenvalue weighted by Gasteiger charge is 2.31. The zero-order chi connectivity index (χ0) is 15.5. The number of amides is 2. The molecule has 1 fully saturated rings. The van der Waals surface area contributed by atoms with Crippen molar-refractivity contribution in [2.75, 3.05) is 18.4 Å². The molecule has 3 rings (SSSR count).